The lowest BCUT2D eigenvalue weighted by Gasteiger charge is -2.09. The van der Waals surface area contributed by atoms with Crippen molar-refractivity contribution in [2.75, 3.05) is 5.32 Å². The van der Waals surface area contributed by atoms with E-state index in [1.54, 1.807) is 6.92 Å². The summed E-state index contributed by atoms with van der Waals surface area (Å²) in [5.41, 5.74) is 5.01. The van der Waals surface area contributed by atoms with Gasteiger partial charge in [0.15, 0.2) is 5.13 Å². The largest absolute Gasteiger partial charge is 0.477 e. The highest BCUT2D eigenvalue weighted by Crippen LogP contribution is 2.18. The zero-order valence-electron chi connectivity index (χ0n) is 8.06. The van der Waals surface area contributed by atoms with E-state index in [9.17, 15) is 9.59 Å². The van der Waals surface area contributed by atoms with E-state index in [0.29, 0.717) is 5.13 Å². The molecule has 0 fully saturated rings. The summed E-state index contributed by atoms with van der Waals surface area (Å²) in [6, 6.07) is -0.157. The molecule has 1 aromatic heterocycles. The van der Waals surface area contributed by atoms with Gasteiger partial charge in [-0.2, -0.15) is 0 Å². The lowest BCUT2D eigenvalue weighted by atomic mass is 10.2. The van der Waals surface area contributed by atoms with Gasteiger partial charge in [0.1, 0.15) is 4.88 Å². The normalized spacial score (nSPS) is 12.1. The standard InChI is InChI=1S/C8H11N3O3S/c1-4(2-6(9)12)11-8-10-3-5(15-8)7(13)14/h3-4H,2H2,1H3,(H2,9,12)(H,10,11)(H,13,14). The average molecular weight is 229 g/mol. The zero-order valence-corrected chi connectivity index (χ0v) is 8.87. The van der Waals surface area contributed by atoms with Gasteiger partial charge < -0.3 is 16.2 Å². The minimum Gasteiger partial charge on any atom is -0.477 e. The third-order valence-corrected chi connectivity index (χ3v) is 2.51. The second-order valence-corrected chi connectivity index (χ2v) is 4.08. The number of carboxylic acids is 1. The van der Waals surface area contributed by atoms with Gasteiger partial charge in [-0.3, -0.25) is 4.79 Å². The molecule has 0 spiro atoms. The molecule has 0 aliphatic heterocycles. The summed E-state index contributed by atoms with van der Waals surface area (Å²) >= 11 is 1.02. The van der Waals surface area contributed by atoms with Crippen LogP contribution < -0.4 is 11.1 Å². The number of hydrogen-bond donors (Lipinski definition) is 3. The summed E-state index contributed by atoms with van der Waals surface area (Å²) in [7, 11) is 0. The van der Waals surface area contributed by atoms with Crippen LogP contribution in [0.25, 0.3) is 0 Å². The second-order valence-electron chi connectivity index (χ2n) is 3.05. The second kappa shape index (κ2) is 4.74. The summed E-state index contributed by atoms with van der Waals surface area (Å²) < 4.78 is 0. The summed E-state index contributed by atoms with van der Waals surface area (Å²) in [6.07, 6.45) is 1.45. The highest BCUT2D eigenvalue weighted by Gasteiger charge is 2.11. The molecule has 15 heavy (non-hydrogen) atoms. The van der Waals surface area contributed by atoms with E-state index in [4.69, 9.17) is 10.8 Å². The zero-order chi connectivity index (χ0) is 11.4. The van der Waals surface area contributed by atoms with E-state index < -0.39 is 11.9 Å². The molecule has 6 nitrogen and oxygen atoms in total. The van der Waals surface area contributed by atoms with Crippen LogP contribution in [0.1, 0.15) is 23.0 Å². The van der Waals surface area contributed by atoms with Crippen LogP contribution in [0.3, 0.4) is 0 Å². The molecule has 0 aromatic carbocycles. The summed E-state index contributed by atoms with van der Waals surface area (Å²) in [6.45, 7) is 1.77. The Hall–Kier alpha value is -1.63. The maximum atomic E-state index is 10.6. The molecule has 0 saturated carbocycles. The van der Waals surface area contributed by atoms with Gasteiger partial charge in [-0.1, -0.05) is 11.3 Å². The van der Waals surface area contributed by atoms with Crippen LogP contribution in [-0.2, 0) is 4.79 Å². The topological polar surface area (TPSA) is 105 Å². The van der Waals surface area contributed by atoms with E-state index in [2.05, 4.69) is 10.3 Å². The van der Waals surface area contributed by atoms with Gasteiger partial charge in [-0.15, -0.1) is 0 Å². The molecule has 1 atom stereocenters. The van der Waals surface area contributed by atoms with Crippen LogP contribution in [0.5, 0.6) is 0 Å². The maximum absolute atomic E-state index is 10.6. The Morgan fingerprint density at radius 3 is 2.87 bits per heavy atom. The van der Waals surface area contributed by atoms with E-state index in [1.807, 2.05) is 0 Å². The third-order valence-electron chi connectivity index (χ3n) is 1.59. The first-order valence-corrected chi connectivity index (χ1v) is 5.04. The van der Waals surface area contributed by atoms with Crippen molar-refractivity contribution < 1.29 is 14.7 Å². The smallest absolute Gasteiger partial charge is 0.347 e. The predicted octanol–water partition coefficient (Wildman–Crippen LogP) is 0.517. The Morgan fingerprint density at radius 1 is 1.73 bits per heavy atom. The Morgan fingerprint density at radius 2 is 2.40 bits per heavy atom. The Bertz CT molecular complexity index is 377. The van der Waals surface area contributed by atoms with Crippen LogP contribution in [0, 0.1) is 0 Å². The van der Waals surface area contributed by atoms with Gasteiger partial charge in [0.25, 0.3) is 0 Å². The molecular weight excluding hydrogens is 218 g/mol. The molecule has 1 unspecified atom stereocenters. The fraction of sp³-hybridized carbons (Fsp3) is 0.375. The molecule has 0 radical (unpaired) electrons. The monoisotopic (exact) mass is 229 g/mol. The molecule has 4 N–H and O–H groups in total. The van der Waals surface area contributed by atoms with Crippen LogP contribution in [0.15, 0.2) is 6.20 Å². The van der Waals surface area contributed by atoms with Crippen molar-refractivity contribution in [3.63, 3.8) is 0 Å². The van der Waals surface area contributed by atoms with Crippen molar-refractivity contribution in [1.82, 2.24) is 4.98 Å². The highest BCUT2D eigenvalue weighted by atomic mass is 32.1. The van der Waals surface area contributed by atoms with Crippen molar-refractivity contribution >= 4 is 28.3 Å². The van der Waals surface area contributed by atoms with Crippen LogP contribution in [-0.4, -0.2) is 28.0 Å². The summed E-state index contributed by atoms with van der Waals surface area (Å²) in [4.78, 5) is 25.1. The number of primary amides is 1. The highest BCUT2D eigenvalue weighted by molar-refractivity contribution is 7.17. The molecule has 1 rings (SSSR count). The van der Waals surface area contributed by atoms with Crippen LogP contribution >= 0.6 is 11.3 Å². The van der Waals surface area contributed by atoms with Crippen molar-refractivity contribution in [3.05, 3.63) is 11.1 Å². The van der Waals surface area contributed by atoms with E-state index >= 15 is 0 Å². The van der Waals surface area contributed by atoms with Gasteiger partial charge in [-0.05, 0) is 6.92 Å². The third kappa shape index (κ3) is 3.55. The minimum absolute atomic E-state index is 0.156. The maximum Gasteiger partial charge on any atom is 0.347 e. The van der Waals surface area contributed by atoms with Crippen LogP contribution in [0.2, 0.25) is 0 Å². The SMILES string of the molecule is CC(CC(N)=O)Nc1ncc(C(=O)O)s1. The molecule has 1 heterocycles. The number of aromatic carboxylic acids is 1. The number of carbonyl (C=O) groups excluding carboxylic acids is 1. The number of nitrogens with one attached hydrogen (secondary N) is 1. The van der Waals surface area contributed by atoms with Crippen molar-refractivity contribution in [3.8, 4) is 0 Å². The van der Waals surface area contributed by atoms with Crippen molar-refractivity contribution in [2.24, 2.45) is 5.73 Å². The van der Waals surface area contributed by atoms with E-state index in [0.717, 1.165) is 11.3 Å². The molecule has 0 aliphatic carbocycles. The molecule has 0 bridgehead atoms. The number of nitrogens with two attached hydrogens (primary N) is 1. The fourth-order valence-corrected chi connectivity index (χ4v) is 1.77. The van der Waals surface area contributed by atoms with Crippen molar-refractivity contribution in [1.29, 1.82) is 0 Å². The van der Waals surface area contributed by atoms with Gasteiger partial charge in [0, 0.05) is 12.5 Å². The Kier molecular flexibility index (Phi) is 3.62. The van der Waals surface area contributed by atoms with E-state index in [1.165, 1.54) is 6.20 Å². The number of thiazole rings is 1. The minimum atomic E-state index is -1.01. The summed E-state index contributed by atoms with van der Waals surface area (Å²) in [5, 5.41) is 12.0. The number of rotatable bonds is 5. The van der Waals surface area contributed by atoms with Gasteiger partial charge in [-0.25, -0.2) is 9.78 Å². The van der Waals surface area contributed by atoms with Gasteiger partial charge in [0.2, 0.25) is 5.91 Å². The van der Waals surface area contributed by atoms with Crippen molar-refractivity contribution in [2.45, 2.75) is 19.4 Å². The number of nitrogens with zero attached hydrogens (tertiary/aromatic N) is 1. The molecule has 82 valence electrons. The first kappa shape index (κ1) is 11.4. The molecule has 7 heteroatoms. The predicted molar refractivity (Wildman–Crippen MR) is 56.0 cm³/mol. The fourth-order valence-electron chi connectivity index (χ4n) is 1.00. The number of anilines is 1. The first-order valence-electron chi connectivity index (χ1n) is 4.23. The average Bonchev–Trinajstić information content (AvgIpc) is 2.50. The van der Waals surface area contributed by atoms with E-state index in [-0.39, 0.29) is 17.3 Å². The summed E-state index contributed by atoms with van der Waals surface area (Å²) in [5.74, 6) is -1.42. The number of amides is 1. The number of carbonyl (C=O) groups is 2. The molecular formula is C8H11N3O3S. The molecule has 1 aromatic rings. The van der Waals surface area contributed by atoms with Gasteiger partial charge in [0.05, 0.1) is 6.20 Å². The molecule has 0 aliphatic rings. The Labute approximate surface area is 90.1 Å². The Balaban J connectivity index is 2.57. The quantitative estimate of drug-likeness (QED) is 0.682. The lowest BCUT2D eigenvalue weighted by molar-refractivity contribution is -0.118. The number of aromatic nitrogens is 1. The van der Waals surface area contributed by atoms with Crippen LogP contribution in [0.4, 0.5) is 5.13 Å². The molecule has 1 amide bonds. The van der Waals surface area contributed by atoms with Gasteiger partial charge >= 0.3 is 5.97 Å². The lowest BCUT2D eigenvalue weighted by Crippen LogP contribution is -2.23. The molecule has 0 saturated heterocycles. The first-order chi connectivity index (χ1) is 6.99. The number of hydrogen-bond acceptors (Lipinski definition) is 5. The number of carboxylic acid groups (broad SMARTS) is 1.